The Kier molecular flexibility index (Phi) is 7.07. The number of halogens is 1. The fraction of sp³-hybridized carbons (Fsp3) is 0.500. The molecule has 0 radical (unpaired) electrons. The Balaban J connectivity index is 1.78. The standard InChI is InChI=1S/C22H29ClN2O/c1-26-16-6-15-25(17-21-7-2-5-14-24-21)18-22(12-3-4-13-22)19-8-10-20(23)11-9-19/h2,5,7-11,14H,3-4,6,12-13,15-18H2,1H3. The molecule has 140 valence electrons. The van der Waals surface area contributed by atoms with Crippen LogP contribution in [0.5, 0.6) is 0 Å². The summed E-state index contributed by atoms with van der Waals surface area (Å²) in [4.78, 5) is 7.09. The minimum absolute atomic E-state index is 0.229. The molecular formula is C22H29ClN2O. The third kappa shape index (κ3) is 5.06. The maximum Gasteiger partial charge on any atom is 0.0543 e. The molecule has 4 heteroatoms. The molecule has 1 aliphatic rings. The Labute approximate surface area is 162 Å². The van der Waals surface area contributed by atoms with E-state index in [1.165, 1.54) is 31.2 Å². The molecule has 0 amide bonds. The molecule has 0 spiro atoms. The van der Waals surface area contributed by atoms with Crippen LogP contribution in [0.4, 0.5) is 0 Å². The predicted octanol–water partition coefficient (Wildman–Crippen LogP) is 5.09. The van der Waals surface area contributed by atoms with Gasteiger partial charge in [0.25, 0.3) is 0 Å². The maximum absolute atomic E-state index is 6.13. The van der Waals surface area contributed by atoms with Crippen LogP contribution in [-0.4, -0.2) is 36.7 Å². The highest BCUT2D eigenvalue weighted by Crippen LogP contribution is 2.42. The lowest BCUT2D eigenvalue weighted by molar-refractivity contribution is 0.151. The Morgan fingerprint density at radius 3 is 2.54 bits per heavy atom. The minimum Gasteiger partial charge on any atom is -0.385 e. The second-order valence-electron chi connectivity index (χ2n) is 7.37. The summed E-state index contributed by atoms with van der Waals surface area (Å²) < 4.78 is 5.28. The molecule has 2 aromatic rings. The SMILES string of the molecule is COCCCN(Cc1ccccn1)CC1(c2ccc(Cl)cc2)CCCC1. The molecule has 26 heavy (non-hydrogen) atoms. The van der Waals surface area contributed by atoms with Crippen LogP contribution in [0.3, 0.4) is 0 Å². The monoisotopic (exact) mass is 372 g/mol. The van der Waals surface area contributed by atoms with E-state index in [4.69, 9.17) is 16.3 Å². The smallest absolute Gasteiger partial charge is 0.0543 e. The summed E-state index contributed by atoms with van der Waals surface area (Å²) in [5.41, 5.74) is 2.79. The Morgan fingerprint density at radius 2 is 1.88 bits per heavy atom. The van der Waals surface area contributed by atoms with Gasteiger partial charge >= 0.3 is 0 Å². The van der Waals surface area contributed by atoms with Gasteiger partial charge in [-0.3, -0.25) is 9.88 Å². The second kappa shape index (κ2) is 9.50. The highest BCUT2D eigenvalue weighted by atomic mass is 35.5. The summed E-state index contributed by atoms with van der Waals surface area (Å²) in [5.74, 6) is 0. The molecule has 0 unspecified atom stereocenters. The van der Waals surface area contributed by atoms with E-state index in [2.05, 4.69) is 34.1 Å². The Hall–Kier alpha value is -1.42. The number of pyridine rings is 1. The van der Waals surface area contributed by atoms with Crippen LogP contribution in [0.25, 0.3) is 0 Å². The van der Waals surface area contributed by atoms with Gasteiger partial charge in [-0.1, -0.05) is 42.6 Å². The van der Waals surface area contributed by atoms with E-state index in [0.717, 1.165) is 43.4 Å². The molecule has 1 heterocycles. The van der Waals surface area contributed by atoms with Gasteiger partial charge in [-0.2, -0.15) is 0 Å². The van der Waals surface area contributed by atoms with Gasteiger partial charge in [-0.25, -0.2) is 0 Å². The zero-order valence-electron chi connectivity index (χ0n) is 15.7. The maximum atomic E-state index is 6.13. The first-order chi connectivity index (χ1) is 12.7. The molecular weight excluding hydrogens is 344 g/mol. The van der Waals surface area contributed by atoms with Crippen molar-refractivity contribution in [2.75, 3.05) is 26.8 Å². The molecule has 0 bridgehead atoms. The highest BCUT2D eigenvalue weighted by molar-refractivity contribution is 6.30. The van der Waals surface area contributed by atoms with E-state index in [1.54, 1.807) is 7.11 Å². The Bertz CT molecular complexity index is 654. The third-order valence-electron chi connectivity index (χ3n) is 5.48. The molecule has 3 rings (SSSR count). The first-order valence-electron chi connectivity index (χ1n) is 9.59. The molecule has 0 atom stereocenters. The lowest BCUT2D eigenvalue weighted by Crippen LogP contribution is -2.40. The zero-order valence-corrected chi connectivity index (χ0v) is 16.4. The van der Waals surface area contributed by atoms with Crippen molar-refractivity contribution in [1.29, 1.82) is 0 Å². The van der Waals surface area contributed by atoms with Crippen LogP contribution >= 0.6 is 11.6 Å². The summed E-state index contributed by atoms with van der Waals surface area (Å²) in [6.45, 7) is 3.78. The highest BCUT2D eigenvalue weighted by Gasteiger charge is 2.37. The minimum atomic E-state index is 0.229. The normalized spacial score (nSPS) is 16.3. The molecule has 1 saturated carbocycles. The van der Waals surface area contributed by atoms with Crippen molar-refractivity contribution in [1.82, 2.24) is 9.88 Å². The molecule has 0 N–H and O–H groups in total. The van der Waals surface area contributed by atoms with Crippen LogP contribution in [0.15, 0.2) is 48.7 Å². The first-order valence-corrected chi connectivity index (χ1v) is 9.97. The number of benzene rings is 1. The molecule has 1 aromatic heterocycles. The molecule has 0 aliphatic heterocycles. The summed E-state index contributed by atoms with van der Waals surface area (Å²) in [6.07, 6.45) is 8.03. The van der Waals surface area contributed by atoms with Gasteiger partial charge in [0, 0.05) is 50.0 Å². The first kappa shape index (κ1) is 19.3. The topological polar surface area (TPSA) is 25.4 Å². The molecule has 1 aliphatic carbocycles. The number of ether oxygens (including phenoxy) is 1. The van der Waals surface area contributed by atoms with Crippen molar-refractivity contribution in [3.8, 4) is 0 Å². The van der Waals surface area contributed by atoms with E-state index >= 15 is 0 Å². The lowest BCUT2D eigenvalue weighted by Gasteiger charge is -2.36. The van der Waals surface area contributed by atoms with Gasteiger partial charge in [-0.05, 0) is 49.1 Å². The average molecular weight is 373 g/mol. The fourth-order valence-electron chi connectivity index (χ4n) is 4.19. The van der Waals surface area contributed by atoms with Crippen LogP contribution in [0.2, 0.25) is 5.02 Å². The molecule has 1 aromatic carbocycles. The summed E-state index contributed by atoms with van der Waals surface area (Å²) in [5, 5.41) is 0.812. The van der Waals surface area contributed by atoms with Crippen LogP contribution < -0.4 is 0 Å². The Morgan fingerprint density at radius 1 is 1.12 bits per heavy atom. The predicted molar refractivity (Wildman–Crippen MR) is 108 cm³/mol. The van der Waals surface area contributed by atoms with E-state index in [0.29, 0.717) is 0 Å². The summed E-state index contributed by atoms with van der Waals surface area (Å²) in [6, 6.07) is 14.7. The van der Waals surface area contributed by atoms with Crippen molar-refractivity contribution in [3.05, 3.63) is 64.9 Å². The molecule has 0 saturated heterocycles. The number of rotatable bonds is 9. The fourth-order valence-corrected chi connectivity index (χ4v) is 4.31. The number of hydrogen-bond donors (Lipinski definition) is 0. The van der Waals surface area contributed by atoms with Gasteiger partial charge < -0.3 is 4.74 Å². The molecule has 3 nitrogen and oxygen atoms in total. The number of nitrogens with zero attached hydrogens (tertiary/aromatic N) is 2. The van der Waals surface area contributed by atoms with E-state index in [9.17, 15) is 0 Å². The zero-order chi connectivity index (χ0) is 18.2. The summed E-state index contributed by atoms with van der Waals surface area (Å²) >= 11 is 6.13. The number of aromatic nitrogens is 1. The van der Waals surface area contributed by atoms with Crippen molar-refractivity contribution in [2.45, 2.75) is 44.1 Å². The van der Waals surface area contributed by atoms with Gasteiger partial charge in [0.05, 0.1) is 5.69 Å². The quantitative estimate of drug-likeness (QED) is 0.573. The van der Waals surface area contributed by atoms with Crippen LogP contribution in [-0.2, 0) is 16.7 Å². The van der Waals surface area contributed by atoms with Crippen LogP contribution in [0, 0.1) is 0 Å². The molecule has 1 fully saturated rings. The van der Waals surface area contributed by atoms with Crippen molar-refractivity contribution in [3.63, 3.8) is 0 Å². The average Bonchev–Trinajstić information content (AvgIpc) is 3.13. The second-order valence-corrected chi connectivity index (χ2v) is 7.81. The van der Waals surface area contributed by atoms with Gasteiger partial charge in [0.2, 0.25) is 0 Å². The summed E-state index contributed by atoms with van der Waals surface area (Å²) in [7, 11) is 1.77. The largest absolute Gasteiger partial charge is 0.385 e. The van der Waals surface area contributed by atoms with E-state index < -0.39 is 0 Å². The number of methoxy groups -OCH3 is 1. The van der Waals surface area contributed by atoms with Gasteiger partial charge in [0.1, 0.15) is 0 Å². The van der Waals surface area contributed by atoms with Crippen LogP contribution in [0.1, 0.15) is 43.4 Å². The van der Waals surface area contributed by atoms with Crippen molar-refractivity contribution in [2.24, 2.45) is 0 Å². The number of hydrogen-bond acceptors (Lipinski definition) is 3. The van der Waals surface area contributed by atoms with E-state index in [-0.39, 0.29) is 5.41 Å². The van der Waals surface area contributed by atoms with Gasteiger partial charge in [0.15, 0.2) is 0 Å². The van der Waals surface area contributed by atoms with Crippen molar-refractivity contribution >= 4 is 11.6 Å². The van der Waals surface area contributed by atoms with E-state index in [1.807, 2.05) is 24.4 Å². The third-order valence-corrected chi connectivity index (χ3v) is 5.73. The lowest BCUT2D eigenvalue weighted by atomic mass is 9.78. The van der Waals surface area contributed by atoms with Crippen molar-refractivity contribution < 1.29 is 4.74 Å². The van der Waals surface area contributed by atoms with Gasteiger partial charge in [-0.15, -0.1) is 0 Å².